The molecule has 1 aliphatic heterocycles. The summed E-state index contributed by atoms with van der Waals surface area (Å²) in [6, 6.07) is 7.36. The van der Waals surface area contributed by atoms with Gasteiger partial charge in [0.15, 0.2) is 0 Å². The van der Waals surface area contributed by atoms with Crippen molar-refractivity contribution >= 4 is 17.6 Å². The second-order valence-electron chi connectivity index (χ2n) is 6.15. The topological polar surface area (TPSA) is 59.6 Å². The number of halogens is 1. The maximum atomic E-state index is 11.9. The Labute approximate surface area is 141 Å². The number of urea groups is 1. The largest absolute Gasteiger partial charge is 0.490 e. The van der Waals surface area contributed by atoms with Crippen molar-refractivity contribution in [2.45, 2.75) is 37.8 Å². The normalized spacial score (nSPS) is 24.0. The highest BCUT2D eigenvalue weighted by atomic mass is 35.5. The number of nitrogens with one attached hydrogen (secondary N) is 2. The summed E-state index contributed by atoms with van der Waals surface area (Å²) in [5.74, 6) is 1.35. The molecule has 0 bridgehead atoms. The van der Waals surface area contributed by atoms with E-state index in [4.69, 9.17) is 21.1 Å². The fraction of sp³-hybridized carbons (Fsp3) is 0.588. The first-order chi connectivity index (χ1) is 11.2. The Morgan fingerprint density at radius 2 is 2.13 bits per heavy atom. The van der Waals surface area contributed by atoms with Gasteiger partial charge in [0.05, 0.1) is 17.7 Å². The van der Waals surface area contributed by atoms with Crippen molar-refractivity contribution in [1.82, 2.24) is 10.6 Å². The lowest BCUT2D eigenvalue weighted by atomic mass is 10.0. The Morgan fingerprint density at radius 1 is 1.30 bits per heavy atom. The van der Waals surface area contributed by atoms with Crippen LogP contribution in [0.4, 0.5) is 4.79 Å². The maximum absolute atomic E-state index is 11.9. The molecule has 1 aromatic rings. The first kappa shape index (κ1) is 16.4. The van der Waals surface area contributed by atoms with E-state index >= 15 is 0 Å². The Hall–Kier alpha value is -1.46. The third-order valence-electron chi connectivity index (χ3n) is 4.28. The van der Waals surface area contributed by atoms with E-state index in [9.17, 15) is 4.79 Å². The minimum atomic E-state index is -0.144. The van der Waals surface area contributed by atoms with Gasteiger partial charge < -0.3 is 20.1 Å². The highest BCUT2D eigenvalue weighted by molar-refractivity contribution is 6.32. The number of carbonyl (C=O) groups is 1. The monoisotopic (exact) mass is 338 g/mol. The highest BCUT2D eigenvalue weighted by Crippen LogP contribution is 2.38. The molecule has 1 saturated carbocycles. The van der Waals surface area contributed by atoms with E-state index in [1.807, 2.05) is 18.2 Å². The number of rotatable bonds is 6. The molecule has 23 heavy (non-hydrogen) atoms. The Bertz CT molecular complexity index is 536. The lowest BCUT2D eigenvalue weighted by molar-refractivity contribution is -0.00914. The summed E-state index contributed by atoms with van der Waals surface area (Å²) in [6.45, 7) is 1.56. The third-order valence-corrected chi connectivity index (χ3v) is 4.59. The zero-order chi connectivity index (χ0) is 16.1. The number of amides is 2. The van der Waals surface area contributed by atoms with E-state index in [0.717, 1.165) is 19.4 Å². The fourth-order valence-electron chi connectivity index (χ4n) is 2.88. The fourth-order valence-corrected chi connectivity index (χ4v) is 3.07. The van der Waals surface area contributed by atoms with Gasteiger partial charge in [0.2, 0.25) is 0 Å². The van der Waals surface area contributed by atoms with E-state index in [-0.39, 0.29) is 12.1 Å². The summed E-state index contributed by atoms with van der Waals surface area (Å²) in [5.41, 5.74) is 0. The first-order valence-electron chi connectivity index (χ1n) is 8.25. The van der Waals surface area contributed by atoms with Crippen LogP contribution in [-0.4, -0.2) is 37.9 Å². The van der Waals surface area contributed by atoms with Gasteiger partial charge in [-0.1, -0.05) is 23.7 Å². The average Bonchev–Trinajstić information content (AvgIpc) is 3.38. The third kappa shape index (κ3) is 5.01. The van der Waals surface area contributed by atoms with Gasteiger partial charge in [-0.3, -0.25) is 0 Å². The van der Waals surface area contributed by atoms with Crippen molar-refractivity contribution < 1.29 is 14.3 Å². The van der Waals surface area contributed by atoms with Crippen molar-refractivity contribution in [2.24, 2.45) is 5.92 Å². The van der Waals surface area contributed by atoms with E-state index in [2.05, 4.69) is 10.6 Å². The van der Waals surface area contributed by atoms with E-state index in [0.29, 0.717) is 35.9 Å². The zero-order valence-corrected chi connectivity index (χ0v) is 13.8. The number of ether oxygens (including phenoxy) is 2. The number of carbonyl (C=O) groups excluding carboxylic acids is 1. The van der Waals surface area contributed by atoms with E-state index < -0.39 is 0 Å². The lowest BCUT2D eigenvalue weighted by Gasteiger charge is -2.30. The molecule has 0 unspecified atom stereocenters. The van der Waals surface area contributed by atoms with Crippen molar-refractivity contribution in [3.05, 3.63) is 29.3 Å². The quantitative estimate of drug-likeness (QED) is 0.784. The number of hydrogen-bond acceptors (Lipinski definition) is 3. The predicted octanol–water partition coefficient (Wildman–Crippen LogP) is 2.98. The van der Waals surface area contributed by atoms with Crippen molar-refractivity contribution in [3.8, 4) is 5.75 Å². The van der Waals surface area contributed by atoms with Crippen LogP contribution in [0.15, 0.2) is 24.3 Å². The molecule has 2 atom stereocenters. The Balaban J connectivity index is 1.32. The van der Waals surface area contributed by atoms with Crippen LogP contribution < -0.4 is 15.4 Å². The maximum Gasteiger partial charge on any atom is 0.315 e. The van der Waals surface area contributed by atoms with Crippen molar-refractivity contribution in [1.29, 1.82) is 0 Å². The van der Waals surface area contributed by atoms with Gasteiger partial charge in [-0.15, -0.1) is 0 Å². The second-order valence-corrected chi connectivity index (χ2v) is 6.55. The van der Waals surface area contributed by atoms with Gasteiger partial charge >= 0.3 is 6.03 Å². The Kier molecular flexibility index (Phi) is 5.62. The summed E-state index contributed by atoms with van der Waals surface area (Å²) in [7, 11) is 0. The first-order valence-corrected chi connectivity index (χ1v) is 8.63. The van der Waals surface area contributed by atoms with Gasteiger partial charge in [0.25, 0.3) is 0 Å². The lowest BCUT2D eigenvalue weighted by Crippen LogP contribution is -2.47. The molecule has 6 heteroatoms. The SMILES string of the molecule is O=C(NCCOc1ccccc1Cl)N[C@H]1CCO[C@H](C2CC2)C1. The van der Waals surface area contributed by atoms with E-state index in [1.165, 1.54) is 12.8 Å². The molecule has 2 amide bonds. The molecule has 5 nitrogen and oxygen atoms in total. The standard InChI is InChI=1S/C17H23ClN2O3/c18-14-3-1-2-4-15(14)23-10-8-19-17(21)20-13-7-9-22-16(11-13)12-5-6-12/h1-4,12-13,16H,5-11H2,(H2,19,20,21)/t13-,16-/m0/s1. The minimum Gasteiger partial charge on any atom is -0.490 e. The zero-order valence-electron chi connectivity index (χ0n) is 13.1. The predicted molar refractivity (Wildman–Crippen MR) is 89.0 cm³/mol. The molecule has 1 aromatic carbocycles. The summed E-state index contributed by atoms with van der Waals surface area (Å²) in [4.78, 5) is 11.9. The molecular formula is C17H23ClN2O3. The van der Waals surface area contributed by atoms with Crippen LogP contribution >= 0.6 is 11.6 Å². The van der Waals surface area contributed by atoms with Gasteiger partial charge in [0.1, 0.15) is 12.4 Å². The van der Waals surface area contributed by atoms with Crippen LogP contribution in [0.3, 0.4) is 0 Å². The van der Waals surface area contributed by atoms with Crippen LogP contribution in [0.2, 0.25) is 5.02 Å². The van der Waals surface area contributed by atoms with Crippen LogP contribution in [-0.2, 0) is 4.74 Å². The molecule has 2 aliphatic rings. The smallest absolute Gasteiger partial charge is 0.315 e. The molecule has 2 fully saturated rings. The molecule has 1 saturated heterocycles. The van der Waals surface area contributed by atoms with Gasteiger partial charge in [0, 0.05) is 12.6 Å². The number of para-hydroxylation sites is 1. The summed E-state index contributed by atoms with van der Waals surface area (Å²) in [6.07, 6.45) is 4.67. The van der Waals surface area contributed by atoms with Crippen LogP contribution in [0.5, 0.6) is 5.75 Å². The number of benzene rings is 1. The van der Waals surface area contributed by atoms with Crippen molar-refractivity contribution in [3.63, 3.8) is 0 Å². The second kappa shape index (κ2) is 7.88. The molecule has 1 heterocycles. The minimum absolute atomic E-state index is 0.144. The molecular weight excluding hydrogens is 316 g/mol. The molecule has 0 spiro atoms. The molecule has 0 aromatic heterocycles. The Morgan fingerprint density at radius 3 is 2.91 bits per heavy atom. The molecule has 2 N–H and O–H groups in total. The molecule has 1 aliphatic carbocycles. The average molecular weight is 339 g/mol. The molecule has 126 valence electrons. The van der Waals surface area contributed by atoms with Crippen LogP contribution in [0, 0.1) is 5.92 Å². The van der Waals surface area contributed by atoms with Crippen molar-refractivity contribution in [2.75, 3.05) is 19.8 Å². The van der Waals surface area contributed by atoms with Gasteiger partial charge in [-0.2, -0.15) is 0 Å². The van der Waals surface area contributed by atoms with Gasteiger partial charge in [-0.05, 0) is 43.7 Å². The van der Waals surface area contributed by atoms with Crippen LogP contribution in [0.1, 0.15) is 25.7 Å². The van der Waals surface area contributed by atoms with Crippen LogP contribution in [0.25, 0.3) is 0 Å². The molecule has 0 radical (unpaired) electrons. The highest BCUT2D eigenvalue weighted by Gasteiger charge is 2.36. The van der Waals surface area contributed by atoms with E-state index in [1.54, 1.807) is 6.07 Å². The number of hydrogen-bond donors (Lipinski definition) is 2. The van der Waals surface area contributed by atoms with Gasteiger partial charge in [-0.25, -0.2) is 4.79 Å². The summed E-state index contributed by atoms with van der Waals surface area (Å²) >= 11 is 6.00. The summed E-state index contributed by atoms with van der Waals surface area (Å²) < 4.78 is 11.3. The summed E-state index contributed by atoms with van der Waals surface area (Å²) in [5, 5.41) is 6.42. The molecule has 3 rings (SSSR count).